The van der Waals surface area contributed by atoms with Crippen molar-refractivity contribution >= 4 is 28.3 Å². The number of amides is 2. The normalized spacial score (nSPS) is 15.3. The van der Waals surface area contributed by atoms with Gasteiger partial charge in [0.05, 0.1) is 0 Å². The molecule has 136 valence electrons. The van der Waals surface area contributed by atoms with Gasteiger partial charge in [-0.1, -0.05) is 67.8 Å². The summed E-state index contributed by atoms with van der Waals surface area (Å²) in [7, 11) is 0. The molecule has 2 amide bonds. The van der Waals surface area contributed by atoms with Crippen molar-refractivity contribution in [2.75, 3.05) is 11.9 Å². The maximum atomic E-state index is 13.0. The number of hydrogen-bond acceptors (Lipinski definition) is 4. The molecular weight excluding hydrogens is 358 g/mol. The lowest BCUT2D eigenvalue weighted by Crippen LogP contribution is -2.39. The first kappa shape index (κ1) is 18.5. The number of rotatable bonds is 7. The van der Waals surface area contributed by atoms with Gasteiger partial charge in [0, 0.05) is 23.7 Å². The van der Waals surface area contributed by atoms with Gasteiger partial charge in [0.1, 0.15) is 6.04 Å². The zero-order chi connectivity index (χ0) is 19.2. The zero-order valence-corrected chi connectivity index (χ0v) is 15.5. The highest BCUT2D eigenvalue weighted by Gasteiger charge is 2.37. The molecule has 1 aliphatic rings. The van der Waals surface area contributed by atoms with Crippen LogP contribution in [0.4, 0.5) is 5.13 Å². The average Bonchev–Trinajstić information content (AvgIpc) is 3.29. The molecule has 2 aromatic rings. The second-order valence-electron chi connectivity index (χ2n) is 5.81. The van der Waals surface area contributed by atoms with Gasteiger partial charge in [0.2, 0.25) is 0 Å². The quantitative estimate of drug-likeness (QED) is 0.745. The molecule has 0 saturated carbocycles. The molecule has 6 heteroatoms. The van der Waals surface area contributed by atoms with Crippen molar-refractivity contribution in [3.05, 3.63) is 96.1 Å². The molecule has 0 radical (unpaired) electrons. The maximum absolute atomic E-state index is 13.0. The molecule has 1 atom stereocenters. The van der Waals surface area contributed by atoms with Gasteiger partial charge in [-0.15, -0.1) is 11.3 Å². The summed E-state index contributed by atoms with van der Waals surface area (Å²) in [5.41, 5.74) is 2.03. The summed E-state index contributed by atoms with van der Waals surface area (Å²) >= 11 is 1.33. The van der Waals surface area contributed by atoms with Gasteiger partial charge in [-0.05, 0) is 11.1 Å². The highest BCUT2D eigenvalue weighted by Crippen LogP contribution is 2.31. The van der Waals surface area contributed by atoms with Crippen LogP contribution in [0, 0.1) is 0 Å². The second-order valence-corrected chi connectivity index (χ2v) is 6.71. The zero-order valence-electron chi connectivity index (χ0n) is 14.7. The van der Waals surface area contributed by atoms with Gasteiger partial charge in [0.15, 0.2) is 5.13 Å². The van der Waals surface area contributed by atoms with E-state index in [1.54, 1.807) is 28.6 Å². The van der Waals surface area contributed by atoms with Crippen LogP contribution in [-0.4, -0.2) is 28.2 Å². The van der Waals surface area contributed by atoms with Gasteiger partial charge in [0.25, 0.3) is 11.8 Å². The van der Waals surface area contributed by atoms with E-state index in [-0.39, 0.29) is 11.8 Å². The summed E-state index contributed by atoms with van der Waals surface area (Å²) in [6, 6.07) is 8.47. The Morgan fingerprint density at radius 1 is 1.30 bits per heavy atom. The molecule has 1 unspecified atom stereocenters. The minimum Gasteiger partial charge on any atom is -0.318 e. The Hall–Kier alpha value is -3.25. The van der Waals surface area contributed by atoms with E-state index >= 15 is 0 Å². The summed E-state index contributed by atoms with van der Waals surface area (Å²) < 4.78 is 0. The van der Waals surface area contributed by atoms with Crippen molar-refractivity contribution in [3.8, 4) is 0 Å². The number of carbonyl (C=O) groups is 2. The Morgan fingerprint density at radius 3 is 2.70 bits per heavy atom. The van der Waals surface area contributed by atoms with Crippen LogP contribution in [-0.2, 0) is 9.59 Å². The predicted octanol–water partition coefficient (Wildman–Crippen LogP) is 3.89. The molecule has 1 aromatic heterocycles. The van der Waals surface area contributed by atoms with Crippen molar-refractivity contribution < 1.29 is 9.59 Å². The lowest BCUT2D eigenvalue weighted by Gasteiger charge is -2.27. The Balaban J connectivity index is 1.95. The molecule has 0 aliphatic carbocycles. The minimum atomic E-state index is -0.771. The van der Waals surface area contributed by atoms with Crippen LogP contribution in [0.15, 0.2) is 90.5 Å². The molecule has 0 bridgehead atoms. The van der Waals surface area contributed by atoms with E-state index < -0.39 is 6.04 Å². The first-order valence-corrected chi connectivity index (χ1v) is 9.24. The van der Waals surface area contributed by atoms with E-state index in [0.29, 0.717) is 17.2 Å². The van der Waals surface area contributed by atoms with Crippen LogP contribution in [0.5, 0.6) is 0 Å². The molecule has 0 fully saturated rings. The smallest absolute Gasteiger partial charge is 0.255 e. The molecule has 2 heterocycles. The van der Waals surface area contributed by atoms with Crippen molar-refractivity contribution in [3.63, 3.8) is 0 Å². The number of carbonyl (C=O) groups excluding carboxylic acids is 2. The Labute approximate surface area is 162 Å². The number of thiazole rings is 1. The predicted molar refractivity (Wildman–Crippen MR) is 108 cm³/mol. The highest BCUT2D eigenvalue weighted by molar-refractivity contribution is 7.13. The molecule has 1 aromatic carbocycles. The van der Waals surface area contributed by atoms with E-state index in [2.05, 4.69) is 23.5 Å². The molecule has 5 nitrogen and oxygen atoms in total. The number of nitrogens with one attached hydrogen (secondary N) is 1. The van der Waals surface area contributed by atoms with Crippen LogP contribution >= 0.6 is 11.3 Å². The number of allylic oxidation sites excluding steroid dienone is 2. The van der Waals surface area contributed by atoms with Crippen molar-refractivity contribution in [1.82, 2.24) is 9.88 Å². The van der Waals surface area contributed by atoms with Crippen LogP contribution < -0.4 is 5.32 Å². The molecule has 27 heavy (non-hydrogen) atoms. The summed E-state index contributed by atoms with van der Waals surface area (Å²) in [6.45, 7) is 7.72. The number of nitrogens with zero attached hydrogens (tertiary/aromatic N) is 2. The lowest BCUT2D eigenvalue weighted by atomic mass is 10.0. The van der Waals surface area contributed by atoms with Gasteiger partial charge >= 0.3 is 0 Å². The molecule has 1 N–H and O–H groups in total. The van der Waals surface area contributed by atoms with E-state index in [9.17, 15) is 9.59 Å². The SMILES string of the molecule is C=C/C=C\C1=C(C=C)C(=O)N(C(C(=O)Nc2nccs2)c2ccccc2)C1. The topological polar surface area (TPSA) is 62.3 Å². The average molecular weight is 377 g/mol. The monoisotopic (exact) mass is 377 g/mol. The molecular formula is C21H19N3O2S. The fraction of sp³-hybridized carbons (Fsp3) is 0.0952. The van der Waals surface area contributed by atoms with E-state index in [4.69, 9.17) is 0 Å². The van der Waals surface area contributed by atoms with Crippen LogP contribution in [0.1, 0.15) is 11.6 Å². The van der Waals surface area contributed by atoms with Gasteiger partial charge in [-0.2, -0.15) is 0 Å². The maximum Gasteiger partial charge on any atom is 0.255 e. The summed E-state index contributed by atoms with van der Waals surface area (Å²) in [6.07, 6.45) is 8.39. The van der Waals surface area contributed by atoms with Crippen LogP contribution in [0.3, 0.4) is 0 Å². The standard InChI is InChI=1S/C21H19N3O2S/c1-3-5-9-16-14-24(20(26)17(16)4-2)18(15-10-7-6-8-11-15)19(25)23-21-22-12-13-27-21/h3-13,18H,1-2,14H2,(H,22,23,25)/b9-5-. The second kappa shape index (κ2) is 8.42. The van der Waals surface area contributed by atoms with E-state index in [0.717, 1.165) is 11.1 Å². The number of aromatic nitrogens is 1. The molecule has 0 spiro atoms. The van der Waals surface area contributed by atoms with E-state index in [1.165, 1.54) is 17.4 Å². The number of benzene rings is 1. The van der Waals surface area contributed by atoms with Gasteiger partial charge < -0.3 is 4.90 Å². The molecule has 0 saturated heterocycles. The summed E-state index contributed by atoms with van der Waals surface area (Å²) in [5.74, 6) is -0.529. The summed E-state index contributed by atoms with van der Waals surface area (Å²) in [4.78, 5) is 31.7. The Bertz CT molecular complexity index is 914. The first-order chi connectivity index (χ1) is 13.2. The van der Waals surface area contributed by atoms with Gasteiger partial charge in [-0.25, -0.2) is 4.98 Å². The lowest BCUT2D eigenvalue weighted by molar-refractivity contribution is -0.134. The van der Waals surface area contributed by atoms with Crippen molar-refractivity contribution in [2.24, 2.45) is 0 Å². The highest BCUT2D eigenvalue weighted by atomic mass is 32.1. The first-order valence-electron chi connectivity index (χ1n) is 8.36. The fourth-order valence-electron chi connectivity index (χ4n) is 2.95. The molecule has 3 rings (SSSR count). The van der Waals surface area contributed by atoms with Crippen molar-refractivity contribution in [1.29, 1.82) is 0 Å². The fourth-order valence-corrected chi connectivity index (χ4v) is 3.49. The third kappa shape index (κ3) is 3.96. The third-order valence-corrected chi connectivity index (χ3v) is 4.84. The number of anilines is 1. The van der Waals surface area contributed by atoms with E-state index in [1.807, 2.05) is 36.4 Å². The Kier molecular flexibility index (Phi) is 5.78. The van der Waals surface area contributed by atoms with Crippen LogP contribution in [0.25, 0.3) is 0 Å². The minimum absolute atomic E-state index is 0.225. The summed E-state index contributed by atoms with van der Waals surface area (Å²) in [5, 5.41) is 5.08. The largest absolute Gasteiger partial charge is 0.318 e. The number of hydrogen-bond donors (Lipinski definition) is 1. The third-order valence-electron chi connectivity index (χ3n) is 4.15. The van der Waals surface area contributed by atoms with Crippen molar-refractivity contribution in [2.45, 2.75) is 6.04 Å². The van der Waals surface area contributed by atoms with Gasteiger partial charge in [-0.3, -0.25) is 14.9 Å². The molecule has 1 aliphatic heterocycles. The Morgan fingerprint density at radius 2 is 2.07 bits per heavy atom. The van der Waals surface area contributed by atoms with Crippen LogP contribution in [0.2, 0.25) is 0 Å².